The molecule has 3 aromatic carbocycles. The second-order valence-corrected chi connectivity index (χ2v) is 9.57. The van der Waals surface area contributed by atoms with Crippen molar-refractivity contribution in [3.8, 4) is 5.75 Å². The Kier molecular flexibility index (Phi) is 5.58. The van der Waals surface area contributed by atoms with E-state index in [1.807, 2.05) is 47.8 Å². The first-order chi connectivity index (χ1) is 17.6. The van der Waals surface area contributed by atoms with E-state index >= 15 is 0 Å². The van der Waals surface area contributed by atoms with E-state index in [1.165, 1.54) is 27.2 Å². The Balaban J connectivity index is 1.37. The zero-order valence-corrected chi connectivity index (χ0v) is 20.3. The van der Waals surface area contributed by atoms with Gasteiger partial charge >= 0.3 is 0 Å². The maximum Gasteiger partial charge on any atom is 0.271 e. The number of benzene rings is 3. The number of nitrogens with zero attached hydrogens (tertiary/aromatic N) is 4. The Bertz CT molecular complexity index is 1690. The summed E-state index contributed by atoms with van der Waals surface area (Å²) in [6.45, 7) is -0.138. The lowest BCUT2D eigenvalue weighted by Crippen LogP contribution is -2.33. The molecule has 1 amide bonds. The Labute approximate surface area is 210 Å². The number of methoxy groups -OCH3 is 1. The van der Waals surface area contributed by atoms with Gasteiger partial charge < -0.3 is 4.74 Å². The standard InChI is InChI=1S/C28H22N4O3S/c1-35-22-10-8-19(9-11-22)25-15-24(21-7-6-18-4-2-3-5-20(18)14-21)30-32(25)26(33)16-31-17-29-23-12-13-36-27(23)28(31)34/h2-14,17,25H,15-16H2,1H3/t25-/m1/s1. The van der Waals surface area contributed by atoms with E-state index in [0.29, 0.717) is 16.6 Å². The molecular weight excluding hydrogens is 472 g/mol. The third-order valence-corrected chi connectivity index (χ3v) is 7.38. The monoisotopic (exact) mass is 494 g/mol. The third kappa shape index (κ3) is 3.95. The van der Waals surface area contributed by atoms with E-state index in [1.54, 1.807) is 13.2 Å². The summed E-state index contributed by atoms with van der Waals surface area (Å²) in [5.74, 6) is 0.471. The molecule has 178 valence electrons. The molecule has 1 aliphatic heterocycles. The van der Waals surface area contributed by atoms with E-state index in [4.69, 9.17) is 9.84 Å². The van der Waals surface area contributed by atoms with Gasteiger partial charge in [-0.3, -0.25) is 14.2 Å². The van der Waals surface area contributed by atoms with Gasteiger partial charge in [-0.2, -0.15) is 5.10 Å². The van der Waals surface area contributed by atoms with Crippen LogP contribution in [0.5, 0.6) is 5.75 Å². The highest BCUT2D eigenvalue weighted by Gasteiger charge is 2.33. The molecule has 5 aromatic rings. The zero-order valence-electron chi connectivity index (χ0n) is 19.5. The average molecular weight is 495 g/mol. The number of fused-ring (bicyclic) bond motifs is 2. The minimum Gasteiger partial charge on any atom is -0.497 e. The highest BCUT2D eigenvalue weighted by atomic mass is 32.1. The fourth-order valence-electron chi connectivity index (χ4n) is 4.58. The molecule has 8 heteroatoms. The van der Waals surface area contributed by atoms with Gasteiger partial charge in [-0.15, -0.1) is 11.3 Å². The van der Waals surface area contributed by atoms with Gasteiger partial charge in [0.25, 0.3) is 11.5 Å². The van der Waals surface area contributed by atoms with Crippen LogP contribution in [0.4, 0.5) is 0 Å². The summed E-state index contributed by atoms with van der Waals surface area (Å²) < 4.78 is 7.20. The number of hydrogen-bond donors (Lipinski definition) is 0. The molecule has 36 heavy (non-hydrogen) atoms. The van der Waals surface area contributed by atoms with Crippen LogP contribution in [0, 0.1) is 0 Å². The van der Waals surface area contributed by atoms with Gasteiger partial charge in [-0.05, 0) is 51.5 Å². The number of carbonyl (C=O) groups excluding carboxylic acids is 1. The molecule has 0 fully saturated rings. The number of aromatic nitrogens is 2. The number of hydrogen-bond acceptors (Lipinski definition) is 6. The van der Waals surface area contributed by atoms with Crippen LogP contribution >= 0.6 is 11.3 Å². The van der Waals surface area contributed by atoms with E-state index in [0.717, 1.165) is 33.4 Å². The van der Waals surface area contributed by atoms with Crippen molar-refractivity contribution in [2.75, 3.05) is 7.11 Å². The van der Waals surface area contributed by atoms with Gasteiger partial charge in [0.05, 0.1) is 30.7 Å². The molecule has 0 aliphatic carbocycles. The Morgan fingerprint density at radius 2 is 1.86 bits per heavy atom. The number of carbonyl (C=O) groups is 1. The van der Waals surface area contributed by atoms with Crippen molar-refractivity contribution >= 4 is 43.9 Å². The molecule has 1 aliphatic rings. The SMILES string of the molecule is COc1ccc([C@H]2CC(c3ccc4ccccc4c3)=NN2C(=O)Cn2cnc3ccsc3c2=O)cc1. The van der Waals surface area contributed by atoms with Crippen molar-refractivity contribution in [2.24, 2.45) is 5.10 Å². The molecule has 7 nitrogen and oxygen atoms in total. The lowest BCUT2D eigenvalue weighted by Gasteiger charge is -2.22. The minimum atomic E-state index is -0.293. The molecule has 0 saturated heterocycles. The van der Waals surface area contributed by atoms with Crippen LogP contribution in [0.2, 0.25) is 0 Å². The van der Waals surface area contributed by atoms with Crippen molar-refractivity contribution in [3.63, 3.8) is 0 Å². The molecule has 6 rings (SSSR count). The fourth-order valence-corrected chi connectivity index (χ4v) is 5.37. The van der Waals surface area contributed by atoms with Gasteiger partial charge in [0.1, 0.15) is 17.0 Å². The van der Waals surface area contributed by atoms with E-state index in [2.05, 4.69) is 29.2 Å². The van der Waals surface area contributed by atoms with Crippen LogP contribution in [-0.4, -0.2) is 33.3 Å². The number of hydrazone groups is 1. The van der Waals surface area contributed by atoms with Crippen LogP contribution in [0.25, 0.3) is 21.0 Å². The lowest BCUT2D eigenvalue weighted by atomic mass is 9.97. The van der Waals surface area contributed by atoms with Gasteiger partial charge in [0.15, 0.2) is 0 Å². The predicted molar refractivity (Wildman–Crippen MR) is 142 cm³/mol. The maximum absolute atomic E-state index is 13.5. The van der Waals surface area contributed by atoms with Crippen molar-refractivity contribution in [3.05, 3.63) is 106 Å². The molecule has 1 atom stereocenters. The van der Waals surface area contributed by atoms with Crippen molar-refractivity contribution in [1.29, 1.82) is 0 Å². The number of rotatable bonds is 5. The normalized spacial score (nSPS) is 15.4. The molecule has 0 N–H and O–H groups in total. The van der Waals surface area contributed by atoms with Crippen molar-refractivity contribution in [1.82, 2.24) is 14.6 Å². The quantitative estimate of drug-likeness (QED) is 0.345. The Morgan fingerprint density at radius 1 is 1.06 bits per heavy atom. The second-order valence-electron chi connectivity index (χ2n) is 8.65. The number of thiophene rings is 1. The highest BCUT2D eigenvalue weighted by molar-refractivity contribution is 7.17. The molecule has 2 aromatic heterocycles. The van der Waals surface area contributed by atoms with Crippen LogP contribution < -0.4 is 10.3 Å². The van der Waals surface area contributed by atoms with Crippen LogP contribution in [0.15, 0.2) is 94.4 Å². The first-order valence-corrected chi connectivity index (χ1v) is 12.4. The third-order valence-electron chi connectivity index (χ3n) is 6.49. The van der Waals surface area contributed by atoms with Gasteiger partial charge in [0.2, 0.25) is 0 Å². The summed E-state index contributed by atoms with van der Waals surface area (Å²) in [6, 6.07) is 23.5. The second kappa shape index (κ2) is 9.05. The van der Waals surface area contributed by atoms with Gasteiger partial charge in [-0.1, -0.05) is 48.5 Å². The highest BCUT2D eigenvalue weighted by Crippen LogP contribution is 2.34. The molecule has 3 heterocycles. The largest absolute Gasteiger partial charge is 0.497 e. The van der Waals surface area contributed by atoms with Crippen molar-refractivity contribution < 1.29 is 9.53 Å². The average Bonchev–Trinajstić information content (AvgIpc) is 3.58. The topological polar surface area (TPSA) is 76.8 Å². The molecule has 0 radical (unpaired) electrons. The molecular formula is C28H22N4O3S. The Hall–Kier alpha value is -4.30. The van der Waals surface area contributed by atoms with Crippen molar-refractivity contribution in [2.45, 2.75) is 19.0 Å². The van der Waals surface area contributed by atoms with Gasteiger partial charge in [-0.25, -0.2) is 9.99 Å². The summed E-state index contributed by atoms with van der Waals surface area (Å²) in [5.41, 5.74) is 3.17. The van der Waals surface area contributed by atoms with Gasteiger partial charge in [0, 0.05) is 6.42 Å². The number of amides is 1. The first kappa shape index (κ1) is 22.2. The first-order valence-electron chi connectivity index (χ1n) is 11.6. The summed E-state index contributed by atoms with van der Waals surface area (Å²) in [7, 11) is 1.62. The summed E-state index contributed by atoms with van der Waals surface area (Å²) in [5, 5.41) is 10.4. The Morgan fingerprint density at radius 3 is 2.67 bits per heavy atom. The molecule has 0 saturated carbocycles. The fraction of sp³-hybridized carbons (Fsp3) is 0.143. The lowest BCUT2D eigenvalue weighted by molar-refractivity contribution is -0.133. The van der Waals surface area contributed by atoms with Crippen LogP contribution in [-0.2, 0) is 11.3 Å². The number of ether oxygens (including phenoxy) is 1. The summed E-state index contributed by atoms with van der Waals surface area (Å²) in [6.07, 6.45) is 2.00. The molecule has 0 unspecified atom stereocenters. The molecule has 0 spiro atoms. The van der Waals surface area contributed by atoms with E-state index in [9.17, 15) is 9.59 Å². The maximum atomic E-state index is 13.5. The van der Waals surface area contributed by atoms with E-state index < -0.39 is 0 Å². The smallest absolute Gasteiger partial charge is 0.271 e. The van der Waals surface area contributed by atoms with Crippen LogP contribution in [0.3, 0.4) is 0 Å². The summed E-state index contributed by atoms with van der Waals surface area (Å²) >= 11 is 1.33. The zero-order chi connectivity index (χ0) is 24.6. The predicted octanol–water partition coefficient (Wildman–Crippen LogP) is 5.00. The molecule has 0 bridgehead atoms. The minimum absolute atomic E-state index is 0.138. The van der Waals surface area contributed by atoms with Crippen LogP contribution in [0.1, 0.15) is 23.6 Å². The van der Waals surface area contributed by atoms with E-state index in [-0.39, 0.29) is 24.1 Å². The summed E-state index contributed by atoms with van der Waals surface area (Å²) in [4.78, 5) is 30.8.